The summed E-state index contributed by atoms with van der Waals surface area (Å²) in [5.74, 6) is 0. The first-order valence-electron chi connectivity index (χ1n) is 4.62. The van der Waals surface area contributed by atoms with E-state index in [1.807, 2.05) is 0 Å². The number of rotatable bonds is 2. The van der Waals surface area contributed by atoms with Crippen molar-refractivity contribution in [2.75, 3.05) is 26.7 Å². The Balaban J connectivity index is 0.000000424. The molecule has 0 aliphatic carbocycles. The molecule has 0 spiro atoms. The largest absolute Gasteiger partial charge is 0.380 e. The first-order chi connectivity index (χ1) is 6.18. The molecule has 0 aromatic carbocycles. The predicted molar refractivity (Wildman–Crippen MR) is 52.2 cm³/mol. The van der Waals surface area contributed by atoms with Crippen molar-refractivity contribution in [3.05, 3.63) is 0 Å². The van der Waals surface area contributed by atoms with E-state index in [4.69, 9.17) is 6.69 Å². The Kier molecular flexibility index (Phi) is 5.27. The van der Waals surface area contributed by atoms with Crippen molar-refractivity contribution in [3.8, 4) is 6.07 Å². The van der Waals surface area contributed by atoms with Crippen LogP contribution in [0.2, 0.25) is 0 Å². The van der Waals surface area contributed by atoms with E-state index >= 15 is 0 Å². The second kappa shape index (κ2) is 6.37. The molecule has 0 amide bonds. The van der Waals surface area contributed by atoms with Crippen LogP contribution in [0.1, 0.15) is 19.3 Å². The Morgan fingerprint density at radius 1 is 1.67 bits per heavy atom. The van der Waals surface area contributed by atoms with Crippen LogP contribution in [-0.4, -0.2) is 37.5 Å². The number of hydrogen-bond donors (Lipinski definition) is 1. The molecule has 0 aromatic rings. The molecular formula is C8H18N2OP+. The van der Waals surface area contributed by atoms with E-state index in [2.05, 4.69) is 18.0 Å². The maximum atomic E-state index is 8.38. The molecule has 0 saturated carbocycles. The van der Waals surface area contributed by atoms with Crippen molar-refractivity contribution >= 4 is 9.47 Å². The van der Waals surface area contributed by atoms with Crippen molar-refractivity contribution < 1.29 is 9.38 Å². The van der Waals surface area contributed by atoms with Crippen LogP contribution < -0.4 is 0 Å². The van der Waals surface area contributed by atoms with Gasteiger partial charge in [0.05, 0.1) is 39.2 Å². The van der Waals surface area contributed by atoms with Gasteiger partial charge in [-0.1, -0.05) is 0 Å². The smallest absolute Gasteiger partial charge is 0.215 e. The zero-order chi connectivity index (χ0) is 10.2. The summed E-state index contributed by atoms with van der Waals surface area (Å²) >= 11 is 0. The predicted octanol–water partition coefficient (Wildman–Crippen LogP) is 0.909. The Morgan fingerprint density at radius 3 is 2.58 bits per heavy atom. The molecular weight excluding hydrogens is 171 g/mol. The van der Waals surface area contributed by atoms with E-state index in [0.29, 0.717) is 0 Å². The van der Waals surface area contributed by atoms with Gasteiger partial charge in [0.25, 0.3) is 0 Å². The van der Waals surface area contributed by atoms with E-state index in [9.17, 15) is 0 Å². The summed E-state index contributed by atoms with van der Waals surface area (Å²) in [4.78, 5) is 3.42. The highest BCUT2D eigenvalue weighted by Crippen LogP contribution is 2.15. The molecule has 70 valence electrons. The zero-order valence-electron chi connectivity index (χ0n) is 8.62. The van der Waals surface area contributed by atoms with Crippen molar-refractivity contribution in [1.82, 2.24) is 0 Å². The fourth-order valence-electron chi connectivity index (χ4n) is 1.64. The standard InChI is InChI=1S/C8H15N2.H3OP/c1-10(8-4-5-9)6-2-3-7-10;1-2/h2-4,6-8H2,1H3;1H,2H2/q+1;/i;1T. The van der Waals surface area contributed by atoms with Crippen LogP contribution >= 0.6 is 9.47 Å². The number of quaternary nitrogens is 1. The topological polar surface area (TPSA) is 44.0 Å². The summed E-state index contributed by atoms with van der Waals surface area (Å²) in [7, 11) is 4.00. The molecule has 1 rings (SSSR count). The highest BCUT2D eigenvalue weighted by molar-refractivity contribution is 7.08. The van der Waals surface area contributed by atoms with Gasteiger partial charge in [0.1, 0.15) is 0 Å². The van der Waals surface area contributed by atoms with Gasteiger partial charge in [-0.2, -0.15) is 5.26 Å². The van der Waals surface area contributed by atoms with Crippen molar-refractivity contribution in [1.29, 1.82) is 6.69 Å². The summed E-state index contributed by atoms with van der Waals surface area (Å²) in [5, 5.41) is 8.38. The summed E-state index contributed by atoms with van der Waals surface area (Å²) in [6.45, 7) is 3.61. The monoisotopic (exact) mass is 191 g/mol. The molecule has 1 atom stereocenters. The van der Waals surface area contributed by atoms with Gasteiger partial charge < -0.3 is 9.38 Å². The quantitative estimate of drug-likeness (QED) is 0.521. The molecule has 0 bridgehead atoms. The fraction of sp³-hybridized carbons (Fsp3) is 0.875. The summed E-state index contributed by atoms with van der Waals surface area (Å²) in [6, 6.07) is 2.20. The van der Waals surface area contributed by atoms with Gasteiger partial charge in [0.15, 0.2) is 0 Å². The van der Waals surface area contributed by atoms with Gasteiger partial charge in [0.2, 0.25) is 1.43 Å². The molecule has 1 heterocycles. The molecule has 3 nitrogen and oxygen atoms in total. The van der Waals surface area contributed by atoms with Crippen LogP contribution in [0.5, 0.6) is 0 Å². The van der Waals surface area contributed by atoms with Crippen LogP contribution in [-0.2, 0) is 0 Å². The lowest BCUT2D eigenvalue weighted by molar-refractivity contribution is -0.897. The minimum atomic E-state index is 0.719. The van der Waals surface area contributed by atoms with Crippen LogP contribution in [0.3, 0.4) is 0 Å². The van der Waals surface area contributed by atoms with E-state index in [1.165, 1.54) is 25.9 Å². The SMILES string of the molecule is C[N+]1(CCC#N)CCCC1.[3H]OP. The number of likely N-dealkylation sites (tertiary alicyclic amines) is 1. The fourth-order valence-corrected chi connectivity index (χ4v) is 1.64. The normalized spacial score (nSPS) is 20.2. The van der Waals surface area contributed by atoms with E-state index < -0.39 is 0 Å². The molecule has 1 fully saturated rings. The van der Waals surface area contributed by atoms with Crippen LogP contribution in [0, 0.1) is 11.3 Å². The van der Waals surface area contributed by atoms with Crippen molar-refractivity contribution in [2.24, 2.45) is 0 Å². The Hall–Kier alpha value is -0.160. The molecule has 1 aliphatic rings. The van der Waals surface area contributed by atoms with Crippen molar-refractivity contribution in [3.63, 3.8) is 0 Å². The molecule has 0 radical (unpaired) electrons. The number of nitrogens with zero attached hydrogens (tertiary/aromatic N) is 2. The number of hydrogen-bond acceptors (Lipinski definition) is 2. The van der Waals surface area contributed by atoms with Crippen LogP contribution in [0.4, 0.5) is 0 Å². The van der Waals surface area contributed by atoms with E-state index in [0.717, 1.165) is 17.4 Å². The molecule has 12 heavy (non-hydrogen) atoms. The highest BCUT2D eigenvalue weighted by Gasteiger charge is 2.25. The first-order valence-corrected chi connectivity index (χ1v) is 4.68. The van der Waals surface area contributed by atoms with Gasteiger partial charge in [-0.25, -0.2) is 0 Å². The molecule has 1 aliphatic heterocycles. The third kappa shape index (κ3) is 4.01. The van der Waals surface area contributed by atoms with Gasteiger partial charge in [0, 0.05) is 12.8 Å². The summed E-state index contributed by atoms with van der Waals surface area (Å²) < 4.78 is 6.80. The lowest BCUT2D eigenvalue weighted by Crippen LogP contribution is -2.41. The average molecular weight is 191 g/mol. The number of nitriles is 1. The second-order valence-electron chi connectivity index (χ2n) is 3.41. The molecule has 0 aromatic heterocycles. The minimum absolute atomic E-state index is 0.719. The maximum Gasteiger partial charge on any atom is 0.215 e. The summed E-state index contributed by atoms with van der Waals surface area (Å²) in [6.07, 6.45) is 3.42. The van der Waals surface area contributed by atoms with E-state index in [-0.39, 0.29) is 0 Å². The lowest BCUT2D eigenvalue weighted by Gasteiger charge is -2.27. The zero-order valence-corrected chi connectivity index (χ0v) is 8.78. The van der Waals surface area contributed by atoms with E-state index in [1.54, 1.807) is 9.47 Å². The first kappa shape index (κ1) is 9.92. The maximum absolute atomic E-state index is 8.38. The molecule has 4 heteroatoms. The molecule has 1 unspecified atom stereocenters. The Morgan fingerprint density at radius 2 is 2.17 bits per heavy atom. The second-order valence-corrected chi connectivity index (χ2v) is 3.41. The third-order valence-corrected chi connectivity index (χ3v) is 2.41. The summed E-state index contributed by atoms with van der Waals surface area (Å²) in [5.41, 5.74) is 0. The average Bonchev–Trinajstić information content (AvgIpc) is 2.51. The minimum Gasteiger partial charge on any atom is -0.380 e. The van der Waals surface area contributed by atoms with Crippen LogP contribution in [0.25, 0.3) is 0 Å². The highest BCUT2D eigenvalue weighted by atomic mass is 31.0. The Bertz CT molecular complexity index is 166. The van der Waals surface area contributed by atoms with Crippen molar-refractivity contribution in [2.45, 2.75) is 19.3 Å². The Labute approximate surface area is 78.4 Å². The van der Waals surface area contributed by atoms with Crippen LogP contribution in [0.15, 0.2) is 0 Å². The molecule has 1 N–H and O–H groups in total. The lowest BCUT2D eigenvalue weighted by atomic mass is 10.4. The third-order valence-electron chi connectivity index (χ3n) is 2.41. The van der Waals surface area contributed by atoms with Gasteiger partial charge in [-0.3, -0.25) is 0 Å². The van der Waals surface area contributed by atoms with Gasteiger partial charge in [-0.15, -0.1) is 0 Å². The molecule has 1 saturated heterocycles. The van der Waals surface area contributed by atoms with Gasteiger partial charge in [-0.05, 0) is 9.47 Å². The van der Waals surface area contributed by atoms with Gasteiger partial charge >= 0.3 is 0 Å².